The van der Waals surface area contributed by atoms with Crippen LogP contribution in [0.3, 0.4) is 0 Å². The van der Waals surface area contributed by atoms with E-state index in [1.54, 1.807) is 19.2 Å². The Labute approximate surface area is 274 Å². The highest BCUT2D eigenvalue weighted by Gasteiger charge is 2.38. The molecule has 3 aromatic rings. The van der Waals surface area contributed by atoms with E-state index < -0.39 is 30.1 Å². The summed E-state index contributed by atoms with van der Waals surface area (Å²) in [5.41, 5.74) is 3.61. The van der Waals surface area contributed by atoms with Crippen molar-refractivity contribution < 1.29 is 52.1 Å². The quantitative estimate of drug-likeness (QED) is 0.128. The predicted octanol–water partition coefficient (Wildman–Crippen LogP) is 4.41. The highest BCUT2D eigenvalue weighted by Crippen LogP contribution is 2.23. The normalized spacial score (nSPS) is 11.2. The van der Waals surface area contributed by atoms with Gasteiger partial charge in [0, 0.05) is 19.5 Å². The molecule has 0 fully saturated rings. The number of carboxylic acid groups (broad SMARTS) is 2. The molecule has 12 nitrogen and oxygen atoms in total. The Morgan fingerprint density at radius 1 is 0.771 bits per heavy atom. The maximum absolute atomic E-state index is 12.5. The molecule has 0 aliphatic rings. The summed E-state index contributed by atoms with van der Waals surface area (Å²) in [5.74, 6) is -3.84. The van der Waals surface area contributed by atoms with Crippen molar-refractivity contribution in [3.63, 3.8) is 0 Å². The lowest BCUT2D eigenvalue weighted by atomic mass is 9.99. The van der Waals surface area contributed by atoms with Crippen LogP contribution in [0.4, 0.5) is 18.0 Å². The molecular weight excluding hydrogens is 637 g/mol. The second-order valence-corrected chi connectivity index (χ2v) is 10.2. The number of rotatable bonds is 15. The van der Waals surface area contributed by atoms with Gasteiger partial charge in [0.05, 0.1) is 26.1 Å². The van der Waals surface area contributed by atoms with Gasteiger partial charge in [-0.3, -0.25) is 14.4 Å². The molecule has 1 unspecified atom stereocenters. The van der Waals surface area contributed by atoms with E-state index in [1.165, 1.54) is 0 Å². The van der Waals surface area contributed by atoms with Gasteiger partial charge in [-0.2, -0.15) is 13.2 Å². The van der Waals surface area contributed by atoms with Gasteiger partial charge >= 0.3 is 24.1 Å². The SMILES string of the molecule is COc1ccc(CNC(=O)NCCCCC(=O)NCC(=O)NC(CC(=O)O)c2ccc(-c3ccccc3)cc2)cc1.O=C(O)C(F)(F)F. The lowest BCUT2D eigenvalue weighted by Crippen LogP contribution is -2.39. The minimum Gasteiger partial charge on any atom is -0.497 e. The number of nitrogens with one attached hydrogen (secondary N) is 4. The van der Waals surface area contributed by atoms with E-state index in [0.29, 0.717) is 31.5 Å². The summed E-state index contributed by atoms with van der Waals surface area (Å²) in [6.07, 6.45) is -4.05. The summed E-state index contributed by atoms with van der Waals surface area (Å²) < 4.78 is 36.8. The van der Waals surface area contributed by atoms with E-state index in [9.17, 15) is 37.5 Å². The fraction of sp³-hybridized carbons (Fsp3) is 0.303. The number of hydrogen-bond donors (Lipinski definition) is 6. The van der Waals surface area contributed by atoms with Crippen molar-refractivity contribution in [3.8, 4) is 16.9 Å². The molecule has 3 aromatic carbocycles. The minimum absolute atomic E-state index is 0.196. The monoisotopic (exact) mass is 674 g/mol. The maximum Gasteiger partial charge on any atom is 0.490 e. The van der Waals surface area contributed by atoms with Crippen LogP contribution in [0.2, 0.25) is 0 Å². The van der Waals surface area contributed by atoms with E-state index in [1.807, 2.05) is 66.7 Å². The number of carboxylic acids is 2. The number of hydrogen-bond acceptors (Lipinski definition) is 6. The Morgan fingerprint density at radius 3 is 1.94 bits per heavy atom. The third kappa shape index (κ3) is 15.1. The van der Waals surface area contributed by atoms with Crippen molar-refractivity contribution in [2.45, 2.75) is 44.4 Å². The van der Waals surface area contributed by atoms with Crippen LogP contribution in [0.15, 0.2) is 78.9 Å². The number of carbonyl (C=O) groups is 5. The molecule has 0 radical (unpaired) electrons. The fourth-order valence-electron chi connectivity index (χ4n) is 4.08. The van der Waals surface area contributed by atoms with Gasteiger partial charge in [0.15, 0.2) is 0 Å². The van der Waals surface area contributed by atoms with Gasteiger partial charge in [-0.15, -0.1) is 0 Å². The molecule has 0 aliphatic carbocycles. The van der Waals surface area contributed by atoms with Crippen molar-refractivity contribution in [3.05, 3.63) is 90.0 Å². The largest absolute Gasteiger partial charge is 0.497 e. The Bertz CT molecular complexity index is 1490. The predicted molar refractivity (Wildman–Crippen MR) is 169 cm³/mol. The fourth-order valence-corrected chi connectivity index (χ4v) is 4.08. The van der Waals surface area contributed by atoms with E-state index in [0.717, 1.165) is 22.4 Å². The summed E-state index contributed by atoms with van der Waals surface area (Å²) in [4.78, 5) is 56.9. The Morgan fingerprint density at radius 2 is 1.38 bits per heavy atom. The Kier molecular flexibility index (Phi) is 15.9. The average molecular weight is 675 g/mol. The highest BCUT2D eigenvalue weighted by molar-refractivity contribution is 5.85. The first kappa shape index (κ1) is 38.6. The van der Waals surface area contributed by atoms with Crippen molar-refractivity contribution in [2.75, 3.05) is 20.2 Å². The van der Waals surface area contributed by atoms with E-state index >= 15 is 0 Å². The van der Waals surface area contributed by atoms with Crippen molar-refractivity contribution in [1.82, 2.24) is 21.3 Å². The molecule has 15 heteroatoms. The molecule has 0 aliphatic heterocycles. The van der Waals surface area contributed by atoms with E-state index in [2.05, 4.69) is 21.3 Å². The first-order chi connectivity index (χ1) is 22.8. The molecule has 3 rings (SSSR count). The molecule has 0 saturated heterocycles. The van der Waals surface area contributed by atoms with Crippen LogP contribution in [0.5, 0.6) is 5.75 Å². The summed E-state index contributed by atoms with van der Waals surface area (Å²) >= 11 is 0. The van der Waals surface area contributed by atoms with Gasteiger partial charge < -0.3 is 36.2 Å². The molecule has 48 heavy (non-hydrogen) atoms. The van der Waals surface area contributed by atoms with Gasteiger partial charge in [-0.25, -0.2) is 9.59 Å². The van der Waals surface area contributed by atoms with Crippen molar-refractivity contribution in [2.24, 2.45) is 0 Å². The van der Waals surface area contributed by atoms with Gasteiger partial charge in [0.25, 0.3) is 0 Å². The van der Waals surface area contributed by atoms with Crippen LogP contribution in [0, 0.1) is 0 Å². The zero-order valence-electron chi connectivity index (χ0n) is 26.0. The molecular formula is C33H37F3N4O8. The summed E-state index contributed by atoms with van der Waals surface area (Å²) in [5, 5.41) is 27.2. The number of unbranched alkanes of at least 4 members (excludes halogenated alkanes) is 1. The molecule has 258 valence electrons. The number of ether oxygens (including phenoxy) is 1. The summed E-state index contributed by atoms with van der Waals surface area (Å²) in [7, 11) is 1.59. The molecule has 0 bridgehead atoms. The molecule has 1 atom stereocenters. The molecule has 0 aromatic heterocycles. The number of methoxy groups -OCH3 is 1. The number of alkyl halides is 3. The maximum atomic E-state index is 12.5. The topological polar surface area (TPSA) is 183 Å². The van der Waals surface area contributed by atoms with Gasteiger partial charge in [0.1, 0.15) is 5.75 Å². The van der Waals surface area contributed by atoms with Crippen LogP contribution in [0.1, 0.15) is 42.9 Å². The Hall–Kier alpha value is -5.60. The summed E-state index contributed by atoms with van der Waals surface area (Å²) in [6, 6.07) is 23.5. The van der Waals surface area contributed by atoms with Crippen LogP contribution in [-0.4, -0.2) is 66.4 Å². The van der Waals surface area contributed by atoms with E-state index in [-0.39, 0.29) is 31.3 Å². The highest BCUT2D eigenvalue weighted by atomic mass is 19.4. The lowest BCUT2D eigenvalue weighted by Gasteiger charge is -2.18. The number of halogens is 3. The molecule has 4 amide bonds. The second-order valence-electron chi connectivity index (χ2n) is 10.2. The zero-order valence-corrected chi connectivity index (χ0v) is 26.0. The number of carbonyl (C=O) groups excluding carboxylic acids is 3. The standard InChI is InChI=1S/C31H36N4O6.C2HF3O2/c1-41-26-16-10-22(11-17-26)20-34-31(40)32-18-6-5-9-28(36)33-21-29(37)35-27(19-30(38)39)25-14-12-24(13-15-25)23-7-3-2-4-8-23;3-2(4,5)1(6)7/h2-4,7-8,10-17,27H,5-6,9,18-21H2,1H3,(H,33,36)(H,35,37)(H,38,39)(H2,32,34,40);(H,6,7). The van der Waals surface area contributed by atoms with Gasteiger partial charge in [0.2, 0.25) is 11.8 Å². The van der Waals surface area contributed by atoms with Crippen LogP contribution >= 0.6 is 0 Å². The smallest absolute Gasteiger partial charge is 0.490 e. The van der Waals surface area contributed by atoms with Gasteiger partial charge in [-0.05, 0) is 47.2 Å². The third-order valence-corrected chi connectivity index (χ3v) is 6.55. The number of amides is 4. The molecule has 6 N–H and O–H groups in total. The second kappa shape index (κ2) is 19.8. The number of benzene rings is 3. The lowest BCUT2D eigenvalue weighted by molar-refractivity contribution is -0.192. The first-order valence-corrected chi connectivity index (χ1v) is 14.7. The van der Waals surface area contributed by atoms with E-state index in [4.69, 9.17) is 14.6 Å². The van der Waals surface area contributed by atoms with Crippen molar-refractivity contribution >= 4 is 29.8 Å². The molecule has 0 saturated carbocycles. The molecule has 0 heterocycles. The van der Waals surface area contributed by atoms with Crippen molar-refractivity contribution in [1.29, 1.82) is 0 Å². The first-order valence-electron chi connectivity index (χ1n) is 14.7. The number of aliphatic carboxylic acids is 2. The molecule has 0 spiro atoms. The van der Waals surface area contributed by atoms with Crippen LogP contribution in [0.25, 0.3) is 11.1 Å². The van der Waals surface area contributed by atoms with Crippen LogP contribution in [-0.2, 0) is 25.7 Å². The number of urea groups is 1. The summed E-state index contributed by atoms with van der Waals surface area (Å²) in [6.45, 7) is 0.526. The Balaban J connectivity index is 0.00000103. The van der Waals surface area contributed by atoms with Crippen LogP contribution < -0.4 is 26.0 Å². The zero-order chi connectivity index (χ0) is 35.5. The van der Waals surface area contributed by atoms with Gasteiger partial charge in [-0.1, -0.05) is 66.7 Å². The average Bonchev–Trinajstić information content (AvgIpc) is 3.06. The minimum atomic E-state index is -5.08. The third-order valence-electron chi connectivity index (χ3n) is 6.55.